The van der Waals surface area contributed by atoms with Gasteiger partial charge in [-0.2, -0.15) is 5.26 Å². The number of nitrogens with zero attached hydrogens (tertiary/aromatic N) is 4. The van der Waals surface area contributed by atoms with E-state index in [1.165, 1.54) is 4.57 Å². The molecular weight excluding hydrogens is 346 g/mol. The van der Waals surface area contributed by atoms with E-state index < -0.39 is 5.56 Å². The lowest BCUT2D eigenvalue weighted by Gasteiger charge is -2.08. The van der Waals surface area contributed by atoms with Crippen molar-refractivity contribution in [3.05, 3.63) is 63.3 Å². The minimum atomic E-state index is -0.747. The number of carbonyl (C=O) groups excluding carboxylic acids is 1. The molecule has 0 spiro atoms. The number of hydrogen-bond acceptors (Lipinski definition) is 5. The number of aromatic nitrogens is 3. The fraction of sp³-hybridized carbons (Fsp3) is 0.125. The smallest absolute Gasteiger partial charge is 0.310 e. The predicted molar refractivity (Wildman–Crippen MR) is 89.7 cm³/mol. The van der Waals surface area contributed by atoms with Gasteiger partial charge in [0.05, 0.1) is 0 Å². The molecular formula is C16H12ClN5O3. The number of benzene rings is 1. The first kappa shape index (κ1) is 16.5. The maximum Gasteiger partial charge on any atom is 0.310 e. The Labute approximate surface area is 146 Å². The Morgan fingerprint density at radius 3 is 2.76 bits per heavy atom. The van der Waals surface area contributed by atoms with Gasteiger partial charge in [0.2, 0.25) is 0 Å². The Bertz CT molecular complexity index is 1050. The normalized spacial score (nSPS) is 10.6. The number of amides is 1. The minimum absolute atomic E-state index is 0.000472. The van der Waals surface area contributed by atoms with Crippen LogP contribution in [0.15, 0.2) is 41.5 Å². The molecule has 126 valence electrons. The maximum atomic E-state index is 12.1. The lowest BCUT2D eigenvalue weighted by Crippen LogP contribution is -2.28. The van der Waals surface area contributed by atoms with Crippen molar-refractivity contribution in [2.45, 2.75) is 6.54 Å². The van der Waals surface area contributed by atoms with Gasteiger partial charge in [0.15, 0.2) is 0 Å². The van der Waals surface area contributed by atoms with E-state index in [1.54, 1.807) is 30.3 Å². The molecule has 0 fully saturated rings. The molecule has 2 aromatic heterocycles. The molecule has 0 unspecified atom stereocenters. The van der Waals surface area contributed by atoms with E-state index in [2.05, 4.69) is 10.3 Å². The molecule has 2 heterocycles. The molecule has 0 bridgehead atoms. The molecule has 1 amide bonds. The molecule has 0 aliphatic rings. The first-order chi connectivity index (χ1) is 12.0. The fourth-order valence-corrected chi connectivity index (χ4v) is 2.78. The summed E-state index contributed by atoms with van der Waals surface area (Å²) in [6.07, 6.45) is 0.906. The highest BCUT2D eigenvalue weighted by atomic mass is 35.5. The van der Waals surface area contributed by atoms with E-state index in [0.29, 0.717) is 10.3 Å². The van der Waals surface area contributed by atoms with Gasteiger partial charge in [0, 0.05) is 18.7 Å². The highest BCUT2D eigenvalue weighted by Gasteiger charge is 2.20. The molecule has 3 aromatic rings. The van der Waals surface area contributed by atoms with Crippen molar-refractivity contribution in [3.63, 3.8) is 0 Å². The van der Waals surface area contributed by atoms with Gasteiger partial charge in [-0.15, -0.1) is 4.73 Å². The number of nitrogens with one attached hydrogen (secondary N) is 1. The summed E-state index contributed by atoms with van der Waals surface area (Å²) in [5, 5.41) is 21.5. The Kier molecular flexibility index (Phi) is 4.41. The number of hydrogen-bond donors (Lipinski definition) is 2. The van der Waals surface area contributed by atoms with Crippen molar-refractivity contribution in [2.75, 3.05) is 6.54 Å². The van der Waals surface area contributed by atoms with E-state index in [4.69, 9.17) is 11.6 Å². The molecule has 8 nitrogen and oxygen atoms in total. The topological polar surface area (TPSA) is 113 Å². The van der Waals surface area contributed by atoms with Crippen LogP contribution < -0.4 is 10.9 Å². The number of nitriles is 1. The second-order valence-electron chi connectivity index (χ2n) is 5.14. The first-order valence-electron chi connectivity index (χ1n) is 7.26. The maximum absolute atomic E-state index is 12.1. The average molecular weight is 358 g/mol. The highest BCUT2D eigenvalue weighted by Crippen LogP contribution is 2.25. The molecule has 0 aliphatic heterocycles. The second kappa shape index (κ2) is 6.67. The molecule has 0 radical (unpaired) electrons. The van der Waals surface area contributed by atoms with Crippen LogP contribution in [0.25, 0.3) is 11.0 Å². The Hall–Kier alpha value is -3.31. The third-order valence-corrected chi connectivity index (χ3v) is 4.04. The van der Waals surface area contributed by atoms with Crippen molar-refractivity contribution in [1.29, 1.82) is 5.26 Å². The van der Waals surface area contributed by atoms with Crippen LogP contribution in [-0.2, 0) is 6.54 Å². The van der Waals surface area contributed by atoms with Crippen LogP contribution in [0.3, 0.4) is 0 Å². The first-order valence-corrected chi connectivity index (χ1v) is 7.64. The van der Waals surface area contributed by atoms with E-state index in [0.717, 1.165) is 6.33 Å². The zero-order valence-corrected chi connectivity index (χ0v) is 13.6. The van der Waals surface area contributed by atoms with Gasteiger partial charge in [-0.05, 0) is 12.1 Å². The molecule has 9 heteroatoms. The number of fused-ring (bicyclic) bond motifs is 1. The van der Waals surface area contributed by atoms with Gasteiger partial charge in [0.25, 0.3) is 5.91 Å². The minimum Gasteiger partial charge on any atom is -0.424 e. The lowest BCUT2D eigenvalue weighted by molar-refractivity contribution is 0.0952. The van der Waals surface area contributed by atoms with Gasteiger partial charge in [-0.1, -0.05) is 29.8 Å². The van der Waals surface area contributed by atoms with E-state index >= 15 is 0 Å². The van der Waals surface area contributed by atoms with E-state index in [-0.39, 0.29) is 40.7 Å². The Morgan fingerprint density at radius 2 is 2.08 bits per heavy atom. The summed E-state index contributed by atoms with van der Waals surface area (Å²) in [6.45, 7) is 0.304. The summed E-state index contributed by atoms with van der Waals surface area (Å²) in [4.78, 5) is 28.1. The highest BCUT2D eigenvalue weighted by molar-refractivity contribution is 6.32. The summed E-state index contributed by atoms with van der Waals surface area (Å²) in [6, 6.07) is 10.6. The summed E-state index contributed by atoms with van der Waals surface area (Å²) < 4.78 is 1.67. The van der Waals surface area contributed by atoms with Gasteiger partial charge in [0.1, 0.15) is 34.1 Å². The van der Waals surface area contributed by atoms with Crippen LogP contribution in [0.1, 0.15) is 15.9 Å². The van der Waals surface area contributed by atoms with Crippen LogP contribution in [0.2, 0.25) is 5.15 Å². The SMILES string of the molecule is N#Cc1c(Cl)n(CCNC(=O)c2ccccc2)c2c(=O)n(O)cnc12. The van der Waals surface area contributed by atoms with Gasteiger partial charge < -0.3 is 15.1 Å². The number of rotatable bonds is 4. The molecule has 25 heavy (non-hydrogen) atoms. The van der Waals surface area contributed by atoms with Gasteiger partial charge in [-0.25, -0.2) is 4.98 Å². The van der Waals surface area contributed by atoms with Crippen LogP contribution >= 0.6 is 11.6 Å². The van der Waals surface area contributed by atoms with Crippen molar-refractivity contribution in [2.24, 2.45) is 0 Å². The number of carbonyl (C=O) groups is 1. The number of halogens is 1. The quantitative estimate of drug-likeness (QED) is 0.685. The molecule has 2 N–H and O–H groups in total. The van der Waals surface area contributed by atoms with Crippen molar-refractivity contribution < 1.29 is 10.0 Å². The average Bonchev–Trinajstić information content (AvgIpc) is 2.90. The Balaban J connectivity index is 1.88. The summed E-state index contributed by atoms with van der Waals surface area (Å²) in [5.41, 5.74) is -0.0905. The zero-order chi connectivity index (χ0) is 18.0. The van der Waals surface area contributed by atoms with E-state index in [9.17, 15) is 20.1 Å². The van der Waals surface area contributed by atoms with Gasteiger partial charge >= 0.3 is 5.56 Å². The van der Waals surface area contributed by atoms with Crippen molar-refractivity contribution in [1.82, 2.24) is 19.6 Å². The summed E-state index contributed by atoms with van der Waals surface area (Å²) in [7, 11) is 0. The second-order valence-corrected chi connectivity index (χ2v) is 5.50. The van der Waals surface area contributed by atoms with Crippen LogP contribution in [0, 0.1) is 11.3 Å². The van der Waals surface area contributed by atoms with Crippen molar-refractivity contribution >= 4 is 28.5 Å². The van der Waals surface area contributed by atoms with Crippen LogP contribution in [0.5, 0.6) is 0 Å². The molecule has 0 atom stereocenters. The predicted octanol–water partition coefficient (Wildman–Crippen LogP) is 1.39. The zero-order valence-electron chi connectivity index (χ0n) is 12.8. The largest absolute Gasteiger partial charge is 0.424 e. The molecule has 0 aliphatic carbocycles. The van der Waals surface area contributed by atoms with Crippen molar-refractivity contribution in [3.8, 4) is 6.07 Å². The third-order valence-electron chi connectivity index (χ3n) is 3.65. The van der Waals surface area contributed by atoms with Gasteiger partial charge in [-0.3, -0.25) is 9.59 Å². The van der Waals surface area contributed by atoms with Crippen LogP contribution in [-0.4, -0.2) is 31.9 Å². The van der Waals surface area contributed by atoms with Crippen LogP contribution in [0.4, 0.5) is 0 Å². The summed E-state index contributed by atoms with van der Waals surface area (Å²) in [5.74, 6) is -0.272. The lowest BCUT2D eigenvalue weighted by atomic mass is 10.2. The monoisotopic (exact) mass is 357 g/mol. The summed E-state index contributed by atoms with van der Waals surface area (Å²) >= 11 is 6.17. The standard InChI is InChI=1S/C16H12ClN5O3/c17-14-11(8-18)12-13(16(24)22(25)9-20-12)21(14)7-6-19-15(23)10-4-2-1-3-5-10/h1-5,9,25H,6-7H2,(H,19,23). The molecule has 3 rings (SSSR count). The molecule has 0 saturated carbocycles. The molecule has 1 aromatic carbocycles. The third kappa shape index (κ3) is 2.93. The van der Waals surface area contributed by atoms with E-state index in [1.807, 2.05) is 6.07 Å². The molecule has 0 saturated heterocycles. The fourth-order valence-electron chi connectivity index (χ4n) is 2.47. The Morgan fingerprint density at radius 1 is 1.36 bits per heavy atom.